The van der Waals surface area contributed by atoms with E-state index in [-0.39, 0.29) is 21.5 Å². The van der Waals surface area contributed by atoms with Crippen LogP contribution in [0.1, 0.15) is 16.1 Å². The maximum absolute atomic E-state index is 12.5. The number of anilines is 1. The SMILES string of the molecule is O=C(O)c1ccc(N2C(=O)/C(=C/C=C/c3ccco3)SC2=S)cc1[O-]. The van der Waals surface area contributed by atoms with E-state index in [2.05, 4.69) is 0 Å². The van der Waals surface area contributed by atoms with Gasteiger partial charge in [-0.1, -0.05) is 35.8 Å². The third-order valence-corrected chi connectivity index (χ3v) is 4.62. The predicted octanol–water partition coefficient (Wildman–Crippen LogP) is 3.01. The van der Waals surface area contributed by atoms with Crippen molar-refractivity contribution in [3.8, 4) is 5.75 Å². The Morgan fingerprint density at radius 2 is 2.16 bits per heavy atom. The van der Waals surface area contributed by atoms with Gasteiger partial charge in [0.1, 0.15) is 5.76 Å². The van der Waals surface area contributed by atoms with E-state index in [9.17, 15) is 14.7 Å². The van der Waals surface area contributed by atoms with Crippen LogP contribution in [0, 0.1) is 0 Å². The predicted molar refractivity (Wildman–Crippen MR) is 96.3 cm³/mol. The van der Waals surface area contributed by atoms with E-state index < -0.39 is 11.7 Å². The van der Waals surface area contributed by atoms with Crippen LogP contribution < -0.4 is 10.0 Å². The molecular weight excluding hydrogens is 362 g/mol. The maximum Gasteiger partial charge on any atom is 0.335 e. The fourth-order valence-corrected chi connectivity index (χ4v) is 3.40. The molecule has 1 N–H and O–H groups in total. The van der Waals surface area contributed by atoms with Gasteiger partial charge < -0.3 is 14.6 Å². The Labute approximate surface area is 152 Å². The number of allylic oxidation sites excluding steroid dienone is 2. The number of furan rings is 1. The number of amides is 1. The number of hydrogen-bond donors (Lipinski definition) is 1. The van der Waals surface area contributed by atoms with E-state index in [0.717, 1.165) is 17.8 Å². The molecule has 126 valence electrons. The van der Waals surface area contributed by atoms with Gasteiger partial charge in [-0.2, -0.15) is 0 Å². The van der Waals surface area contributed by atoms with E-state index in [4.69, 9.17) is 21.7 Å². The summed E-state index contributed by atoms with van der Waals surface area (Å²) >= 11 is 6.30. The van der Waals surface area contributed by atoms with Crippen LogP contribution >= 0.6 is 24.0 Å². The molecule has 0 radical (unpaired) electrons. The van der Waals surface area contributed by atoms with Crippen molar-refractivity contribution in [2.24, 2.45) is 0 Å². The van der Waals surface area contributed by atoms with E-state index >= 15 is 0 Å². The summed E-state index contributed by atoms with van der Waals surface area (Å²) in [5.74, 6) is -1.72. The number of carboxylic acids is 1. The van der Waals surface area contributed by atoms with Crippen molar-refractivity contribution in [3.05, 3.63) is 65.0 Å². The lowest BCUT2D eigenvalue weighted by Gasteiger charge is -2.18. The number of nitrogens with zero attached hydrogens (tertiary/aromatic N) is 1. The third-order valence-electron chi connectivity index (χ3n) is 3.30. The Morgan fingerprint density at radius 1 is 1.36 bits per heavy atom. The second-order valence-electron chi connectivity index (χ2n) is 4.90. The molecule has 0 saturated carbocycles. The topological polar surface area (TPSA) is 93.8 Å². The fraction of sp³-hybridized carbons (Fsp3) is 0. The number of benzene rings is 1. The fourth-order valence-electron chi connectivity index (χ4n) is 2.15. The first-order valence-corrected chi connectivity index (χ1v) is 8.22. The average Bonchev–Trinajstić information content (AvgIpc) is 3.16. The lowest BCUT2D eigenvalue weighted by Crippen LogP contribution is -2.27. The molecule has 0 bridgehead atoms. The van der Waals surface area contributed by atoms with Crippen molar-refractivity contribution in [2.75, 3.05) is 4.90 Å². The molecule has 3 rings (SSSR count). The van der Waals surface area contributed by atoms with Crippen molar-refractivity contribution < 1.29 is 24.2 Å². The molecule has 8 heteroatoms. The number of thioether (sulfide) groups is 1. The summed E-state index contributed by atoms with van der Waals surface area (Å²) in [7, 11) is 0. The van der Waals surface area contributed by atoms with E-state index in [1.165, 1.54) is 17.0 Å². The Hall–Kier alpha value is -2.84. The van der Waals surface area contributed by atoms with Crippen LogP contribution in [-0.4, -0.2) is 21.3 Å². The maximum atomic E-state index is 12.5. The van der Waals surface area contributed by atoms with Gasteiger partial charge in [0, 0.05) is 0 Å². The van der Waals surface area contributed by atoms with E-state index in [1.807, 2.05) is 0 Å². The molecule has 0 unspecified atom stereocenters. The second-order valence-corrected chi connectivity index (χ2v) is 6.58. The first kappa shape index (κ1) is 17.0. The summed E-state index contributed by atoms with van der Waals surface area (Å²) in [6, 6.07) is 7.17. The monoisotopic (exact) mass is 372 g/mol. The molecule has 0 aliphatic carbocycles. The van der Waals surface area contributed by atoms with Crippen molar-refractivity contribution in [3.63, 3.8) is 0 Å². The largest absolute Gasteiger partial charge is 0.872 e. The minimum absolute atomic E-state index is 0.246. The molecule has 1 aliphatic rings. The number of hydrogen-bond acceptors (Lipinski definition) is 6. The van der Waals surface area contributed by atoms with Crippen LogP contribution in [0.5, 0.6) is 5.75 Å². The number of carboxylic acid groups (broad SMARTS) is 1. The second kappa shape index (κ2) is 6.96. The number of carbonyl (C=O) groups excluding carboxylic acids is 1. The molecular formula is C17H10NO5S2-. The van der Waals surface area contributed by atoms with Crippen molar-refractivity contribution in [1.82, 2.24) is 0 Å². The Balaban J connectivity index is 1.84. The summed E-state index contributed by atoms with van der Waals surface area (Å²) in [5, 5.41) is 20.7. The van der Waals surface area contributed by atoms with Gasteiger partial charge in [0.05, 0.1) is 22.4 Å². The lowest BCUT2D eigenvalue weighted by molar-refractivity contribution is -0.268. The zero-order valence-electron chi connectivity index (χ0n) is 12.5. The minimum atomic E-state index is -1.31. The standard InChI is InChI=1S/C17H11NO5S2/c19-13-9-10(6-7-12(13)16(21)22)18-15(20)14(25-17(18)24)5-1-3-11-4-2-8-23-11/h1-9,19H,(H,21,22)/p-1/b3-1+,14-5-. The molecule has 1 saturated heterocycles. The Morgan fingerprint density at radius 3 is 2.80 bits per heavy atom. The molecule has 25 heavy (non-hydrogen) atoms. The first-order valence-electron chi connectivity index (χ1n) is 7.00. The van der Waals surface area contributed by atoms with E-state index in [1.54, 1.807) is 36.6 Å². The molecule has 2 heterocycles. The normalized spacial score (nSPS) is 16.3. The average molecular weight is 372 g/mol. The molecule has 6 nitrogen and oxygen atoms in total. The quantitative estimate of drug-likeness (QED) is 0.651. The summed E-state index contributed by atoms with van der Waals surface area (Å²) < 4.78 is 5.42. The van der Waals surface area contributed by atoms with Crippen LogP contribution in [0.2, 0.25) is 0 Å². The summed E-state index contributed by atoms with van der Waals surface area (Å²) in [6.07, 6.45) is 6.51. The summed E-state index contributed by atoms with van der Waals surface area (Å²) in [4.78, 5) is 25.0. The van der Waals surface area contributed by atoms with Gasteiger partial charge in [-0.05, 0) is 42.5 Å². The molecule has 0 atom stereocenters. The zero-order valence-corrected chi connectivity index (χ0v) is 14.2. The number of thiocarbonyl (C=S) groups is 1. The smallest absolute Gasteiger partial charge is 0.335 e. The van der Waals surface area contributed by atoms with Crippen LogP contribution in [0.4, 0.5) is 5.69 Å². The number of rotatable bonds is 4. The first-order chi connectivity index (χ1) is 12.0. The van der Waals surface area contributed by atoms with Gasteiger partial charge in [0.25, 0.3) is 5.91 Å². The van der Waals surface area contributed by atoms with Crippen LogP contribution in [0.3, 0.4) is 0 Å². The van der Waals surface area contributed by atoms with Gasteiger partial charge >= 0.3 is 5.97 Å². The molecule has 0 spiro atoms. The van der Waals surface area contributed by atoms with Crippen LogP contribution in [0.15, 0.2) is 58.1 Å². The van der Waals surface area contributed by atoms with E-state index in [0.29, 0.717) is 10.7 Å². The highest BCUT2D eigenvalue weighted by atomic mass is 32.2. The zero-order chi connectivity index (χ0) is 18.0. The van der Waals surface area contributed by atoms with Crippen molar-refractivity contribution >= 4 is 51.9 Å². The van der Waals surface area contributed by atoms with Crippen LogP contribution in [-0.2, 0) is 4.79 Å². The minimum Gasteiger partial charge on any atom is -0.872 e. The molecule has 1 amide bonds. The van der Waals surface area contributed by atoms with Crippen molar-refractivity contribution in [1.29, 1.82) is 0 Å². The van der Waals surface area contributed by atoms with Crippen molar-refractivity contribution in [2.45, 2.75) is 0 Å². The van der Waals surface area contributed by atoms with Gasteiger partial charge in [0.2, 0.25) is 0 Å². The summed E-state index contributed by atoms with van der Waals surface area (Å²) in [5.41, 5.74) is -0.109. The summed E-state index contributed by atoms with van der Waals surface area (Å²) in [6.45, 7) is 0. The number of aromatic carboxylic acids is 1. The lowest BCUT2D eigenvalue weighted by atomic mass is 10.1. The van der Waals surface area contributed by atoms with Gasteiger partial charge in [-0.25, -0.2) is 4.79 Å². The Bertz CT molecular complexity index is 915. The molecule has 1 fully saturated rings. The number of carbonyl (C=O) groups is 2. The highest BCUT2D eigenvalue weighted by molar-refractivity contribution is 8.27. The molecule has 1 aromatic carbocycles. The van der Waals surface area contributed by atoms with Gasteiger partial charge in [-0.15, -0.1) is 0 Å². The van der Waals surface area contributed by atoms with Gasteiger partial charge in [-0.3, -0.25) is 9.69 Å². The molecule has 2 aromatic rings. The Kier molecular flexibility index (Phi) is 4.73. The van der Waals surface area contributed by atoms with Crippen LogP contribution in [0.25, 0.3) is 6.08 Å². The highest BCUT2D eigenvalue weighted by Crippen LogP contribution is 2.36. The van der Waals surface area contributed by atoms with Gasteiger partial charge in [0.15, 0.2) is 4.32 Å². The third kappa shape index (κ3) is 3.49. The molecule has 1 aliphatic heterocycles. The molecule has 1 aromatic heterocycles. The highest BCUT2D eigenvalue weighted by Gasteiger charge is 2.33.